The lowest BCUT2D eigenvalue weighted by molar-refractivity contribution is 0.0471. The van der Waals surface area contributed by atoms with Crippen LogP contribution in [-0.4, -0.2) is 24.9 Å². The lowest BCUT2D eigenvalue weighted by Crippen LogP contribution is -2.31. The summed E-state index contributed by atoms with van der Waals surface area (Å²) in [6.07, 6.45) is 7.16. The standard InChI is InChI=1S/C10H21NO2/c1-13-11-10-7-4-6-9(10)5-2-3-8-12/h9-12H,2-8H2,1H3. The van der Waals surface area contributed by atoms with E-state index in [1.165, 1.54) is 25.7 Å². The minimum atomic E-state index is 0.328. The van der Waals surface area contributed by atoms with Gasteiger partial charge >= 0.3 is 0 Å². The van der Waals surface area contributed by atoms with Crippen molar-refractivity contribution in [2.75, 3.05) is 13.7 Å². The van der Waals surface area contributed by atoms with E-state index in [0.717, 1.165) is 18.8 Å². The summed E-state index contributed by atoms with van der Waals surface area (Å²) in [6.45, 7) is 0.328. The zero-order valence-corrected chi connectivity index (χ0v) is 8.46. The Hall–Kier alpha value is -0.120. The first-order valence-corrected chi connectivity index (χ1v) is 5.28. The Balaban J connectivity index is 2.15. The Morgan fingerprint density at radius 3 is 2.92 bits per heavy atom. The maximum atomic E-state index is 8.67. The molecule has 0 spiro atoms. The van der Waals surface area contributed by atoms with Crippen LogP contribution >= 0.6 is 0 Å². The molecule has 0 saturated heterocycles. The number of aliphatic hydroxyl groups excluding tert-OH is 1. The molecule has 3 nitrogen and oxygen atoms in total. The second kappa shape index (κ2) is 6.35. The highest BCUT2D eigenvalue weighted by Gasteiger charge is 2.26. The zero-order chi connectivity index (χ0) is 9.52. The summed E-state index contributed by atoms with van der Waals surface area (Å²) in [5, 5.41) is 8.67. The quantitative estimate of drug-likeness (QED) is 0.489. The molecule has 1 saturated carbocycles. The number of hydrogen-bond acceptors (Lipinski definition) is 3. The maximum Gasteiger partial charge on any atom is 0.0572 e. The van der Waals surface area contributed by atoms with Crippen molar-refractivity contribution in [1.29, 1.82) is 0 Å². The fourth-order valence-electron chi connectivity index (χ4n) is 2.21. The van der Waals surface area contributed by atoms with Gasteiger partial charge < -0.3 is 9.94 Å². The molecule has 0 amide bonds. The smallest absolute Gasteiger partial charge is 0.0572 e. The summed E-state index contributed by atoms with van der Waals surface area (Å²) in [4.78, 5) is 4.96. The van der Waals surface area contributed by atoms with E-state index in [-0.39, 0.29) is 0 Å². The van der Waals surface area contributed by atoms with E-state index in [2.05, 4.69) is 5.48 Å². The van der Waals surface area contributed by atoms with Gasteiger partial charge in [0, 0.05) is 12.6 Å². The fraction of sp³-hybridized carbons (Fsp3) is 1.00. The van der Waals surface area contributed by atoms with Crippen LogP contribution in [0.1, 0.15) is 38.5 Å². The van der Waals surface area contributed by atoms with Crippen LogP contribution in [0.5, 0.6) is 0 Å². The SMILES string of the molecule is CONC1CCCC1CCCCO. The van der Waals surface area contributed by atoms with Gasteiger partial charge in [-0.2, -0.15) is 5.48 Å². The first-order valence-electron chi connectivity index (χ1n) is 5.28. The predicted octanol–water partition coefficient (Wildman–Crippen LogP) is 1.47. The van der Waals surface area contributed by atoms with Gasteiger partial charge in [-0.3, -0.25) is 0 Å². The number of rotatable bonds is 6. The predicted molar refractivity (Wildman–Crippen MR) is 52.2 cm³/mol. The number of aliphatic hydroxyl groups is 1. The molecule has 0 heterocycles. The largest absolute Gasteiger partial charge is 0.396 e. The van der Waals surface area contributed by atoms with Gasteiger partial charge in [-0.05, 0) is 31.6 Å². The average Bonchev–Trinajstić information content (AvgIpc) is 2.54. The Labute approximate surface area is 80.4 Å². The van der Waals surface area contributed by atoms with Crippen LogP contribution in [-0.2, 0) is 4.84 Å². The van der Waals surface area contributed by atoms with Crippen LogP contribution in [0.2, 0.25) is 0 Å². The average molecular weight is 187 g/mol. The van der Waals surface area contributed by atoms with Crippen LogP contribution in [0.3, 0.4) is 0 Å². The lowest BCUT2D eigenvalue weighted by Gasteiger charge is -2.19. The van der Waals surface area contributed by atoms with E-state index >= 15 is 0 Å². The summed E-state index contributed by atoms with van der Waals surface area (Å²) >= 11 is 0. The number of hydrogen-bond donors (Lipinski definition) is 2. The van der Waals surface area contributed by atoms with E-state index in [1.54, 1.807) is 7.11 Å². The highest BCUT2D eigenvalue weighted by Crippen LogP contribution is 2.29. The van der Waals surface area contributed by atoms with Crippen molar-refractivity contribution in [2.45, 2.75) is 44.6 Å². The lowest BCUT2D eigenvalue weighted by atomic mass is 9.97. The Morgan fingerprint density at radius 2 is 2.23 bits per heavy atom. The Morgan fingerprint density at radius 1 is 1.38 bits per heavy atom. The number of hydroxylamine groups is 1. The summed E-state index contributed by atoms with van der Waals surface area (Å²) in [5.41, 5.74) is 3.06. The number of unbranched alkanes of at least 4 members (excludes halogenated alkanes) is 1. The van der Waals surface area contributed by atoms with Crippen molar-refractivity contribution in [2.24, 2.45) is 5.92 Å². The molecule has 0 aromatic carbocycles. The van der Waals surface area contributed by atoms with Gasteiger partial charge in [0.1, 0.15) is 0 Å². The molecule has 0 radical (unpaired) electrons. The first-order chi connectivity index (χ1) is 6.38. The van der Waals surface area contributed by atoms with Crippen LogP contribution in [0.25, 0.3) is 0 Å². The maximum absolute atomic E-state index is 8.67. The topological polar surface area (TPSA) is 41.5 Å². The molecule has 2 atom stereocenters. The summed E-state index contributed by atoms with van der Waals surface area (Å²) in [7, 11) is 1.68. The molecular formula is C10H21NO2. The van der Waals surface area contributed by atoms with Gasteiger partial charge in [0.15, 0.2) is 0 Å². The van der Waals surface area contributed by atoms with E-state index in [9.17, 15) is 0 Å². The monoisotopic (exact) mass is 187 g/mol. The first kappa shape index (κ1) is 11.0. The fourth-order valence-corrected chi connectivity index (χ4v) is 2.21. The minimum absolute atomic E-state index is 0.328. The van der Waals surface area contributed by atoms with Gasteiger partial charge in [-0.25, -0.2) is 0 Å². The van der Waals surface area contributed by atoms with Crippen LogP contribution in [0.4, 0.5) is 0 Å². The molecule has 1 fully saturated rings. The van der Waals surface area contributed by atoms with Crippen LogP contribution < -0.4 is 5.48 Å². The van der Waals surface area contributed by atoms with Crippen molar-refractivity contribution in [3.63, 3.8) is 0 Å². The van der Waals surface area contributed by atoms with Crippen molar-refractivity contribution in [3.05, 3.63) is 0 Å². The van der Waals surface area contributed by atoms with Gasteiger partial charge in [0.25, 0.3) is 0 Å². The van der Waals surface area contributed by atoms with E-state index < -0.39 is 0 Å². The Bertz CT molecular complexity index is 130. The van der Waals surface area contributed by atoms with Crippen molar-refractivity contribution >= 4 is 0 Å². The third-order valence-corrected chi connectivity index (χ3v) is 2.91. The van der Waals surface area contributed by atoms with Gasteiger partial charge in [0.2, 0.25) is 0 Å². The third-order valence-electron chi connectivity index (χ3n) is 2.91. The molecular weight excluding hydrogens is 166 g/mol. The molecule has 2 unspecified atom stereocenters. The summed E-state index contributed by atoms with van der Waals surface area (Å²) in [6, 6.07) is 0.545. The molecule has 13 heavy (non-hydrogen) atoms. The highest BCUT2D eigenvalue weighted by molar-refractivity contribution is 4.80. The molecule has 1 aliphatic carbocycles. The second-order valence-electron chi connectivity index (χ2n) is 3.84. The van der Waals surface area contributed by atoms with Gasteiger partial charge in [-0.1, -0.05) is 12.8 Å². The molecule has 0 aromatic heterocycles. The highest BCUT2D eigenvalue weighted by atomic mass is 16.6. The number of nitrogens with one attached hydrogen (secondary N) is 1. The van der Waals surface area contributed by atoms with Crippen molar-refractivity contribution in [1.82, 2.24) is 5.48 Å². The van der Waals surface area contributed by atoms with Gasteiger partial charge in [-0.15, -0.1) is 0 Å². The van der Waals surface area contributed by atoms with Crippen molar-refractivity contribution in [3.8, 4) is 0 Å². The molecule has 1 aliphatic rings. The van der Waals surface area contributed by atoms with E-state index in [4.69, 9.17) is 9.94 Å². The van der Waals surface area contributed by atoms with Crippen LogP contribution in [0, 0.1) is 5.92 Å². The molecule has 0 aliphatic heterocycles. The zero-order valence-electron chi connectivity index (χ0n) is 8.46. The summed E-state index contributed by atoms with van der Waals surface area (Å²) < 4.78 is 0. The summed E-state index contributed by atoms with van der Waals surface area (Å²) in [5.74, 6) is 0.756. The minimum Gasteiger partial charge on any atom is -0.396 e. The molecule has 78 valence electrons. The van der Waals surface area contributed by atoms with Gasteiger partial charge in [0.05, 0.1) is 7.11 Å². The normalized spacial score (nSPS) is 28.2. The molecule has 3 heteroatoms. The molecule has 2 N–H and O–H groups in total. The third kappa shape index (κ3) is 3.63. The van der Waals surface area contributed by atoms with E-state index in [0.29, 0.717) is 12.6 Å². The van der Waals surface area contributed by atoms with E-state index in [1.807, 2.05) is 0 Å². The molecule has 1 rings (SSSR count). The second-order valence-corrected chi connectivity index (χ2v) is 3.84. The van der Waals surface area contributed by atoms with Crippen LogP contribution in [0.15, 0.2) is 0 Å². The Kier molecular flexibility index (Phi) is 5.35. The van der Waals surface area contributed by atoms with Crippen molar-refractivity contribution < 1.29 is 9.94 Å². The molecule has 0 aromatic rings. The molecule has 0 bridgehead atoms.